The Balaban J connectivity index is 0.000000188. The number of ether oxygens (including phenoxy) is 2. The van der Waals surface area contributed by atoms with Crippen molar-refractivity contribution in [3.63, 3.8) is 0 Å². The zero-order chi connectivity index (χ0) is 26.0. The minimum Gasteiger partial charge on any atom is -0.508 e. The minimum absolute atomic E-state index is 0.322. The molecule has 0 saturated carbocycles. The number of nitrogens with zero attached hydrogens (tertiary/aromatic N) is 1. The van der Waals surface area contributed by atoms with Crippen molar-refractivity contribution in [2.24, 2.45) is 0 Å². The molecule has 0 spiro atoms. The second kappa shape index (κ2) is 17.3. The molecule has 0 amide bonds. The summed E-state index contributed by atoms with van der Waals surface area (Å²) in [6.07, 6.45) is 4.99. The minimum atomic E-state index is 0.322. The molecule has 3 aromatic carbocycles. The second-order valence-corrected chi connectivity index (χ2v) is 9.01. The van der Waals surface area contributed by atoms with Crippen molar-refractivity contribution in [3.8, 4) is 23.0 Å². The molecule has 0 bridgehead atoms. The first kappa shape index (κ1) is 29.1. The highest BCUT2D eigenvalue weighted by Crippen LogP contribution is 2.35. The number of phenolic OH excluding ortho intramolecular Hbond substituents is 2. The number of benzene rings is 3. The molecule has 1 fully saturated rings. The van der Waals surface area contributed by atoms with Gasteiger partial charge >= 0.3 is 0 Å². The summed E-state index contributed by atoms with van der Waals surface area (Å²) in [4.78, 5) is 2.46. The van der Waals surface area contributed by atoms with Crippen molar-refractivity contribution in [1.82, 2.24) is 4.90 Å². The molecular formula is C31H43NO4. The zero-order valence-corrected chi connectivity index (χ0v) is 22.1. The van der Waals surface area contributed by atoms with Gasteiger partial charge in [-0.2, -0.15) is 0 Å². The van der Waals surface area contributed by atoms with Gasteiger partial charge in [-0.1, -0.05) is 63.6 Å². The normalized spacial score (nSPS) is 15.9. The SMILES string of the molecule is CC1CCOc2ccc(O)cc21.CCC.Oc1ccccc1.c1ccc(OCCN2CCCC2)cc1. The van der Waals surface area contributed by atoms with Gasteiger partial charge in [0.15, 0.2) is 0 Å². The van der Waals surface area contributed by atoms with Gasteiger partial charge in [-0.05, 0) is 80.7 Å². The van der Waals surface area contributed by atoms with Gasteiger partial charge in [0, 0.05) is 12.1 Å². The molecule has 1 atom stereocenters. The summed E-state index contributed by atoms with van der Waals surface area (Å²) in [5.41, 5.74) is 1.13. The third-order valence-corrected chi connectivity index (χ3v) is 5.71. The van der Waals surface area contributed by atoms with Crippen molar-refractivity contribution < 1.29 is 19.7 Å². The Morgan fingerprint density at radius 1 is 0.861 bits per heavy atom. The van der Waals surface area contributed by atoms with Crippen LogP contribution in [0.5, 0.6) is 23.0 Å². The molecule has 2 aliphatic rings. The number of para-hydroxylation sites is 2. The molecule has 0 radical (unpaired) electrons. The highest BCUT2D eigenvalue weighted by atomic mass is 16.5. The van der Waals surface area contributed by atoms with Crippen molar-refractivity contribution >= 4 is 0 Å². The quantitative estimate of drug-likeness (QED) is 0.401. The maximum Gasteiger partial charge on any atom is 0.123 e. The maximum atomic E-state index is 9.25. The van der Waals surface area contributed by atoms with Crippen LogP contribution >= 0.6 is 0 Å². The van der Waals surface area contributed by atoms with Crippen LogP contribution in [0, 0.1) is 0 Å². The Morgan fingerprint density at radius 3 is 2.06 bits per heavy atom. The predicted molar refractivity (Wildman–Crippen MR) is 148 cm³/mol. The summed E-state index contributed by atoms with van der Waals surface area (Å²) in [6, 6.07) is 24.0. The molecule has 2 heterocycles. The lowest BCUT2D eigenvalue weighted by Crippen LogP contribution is -2.25. The lowest BCUT2D eigenvalue weighted by Gasteiger charge is -2.22. The van der Waals surface area contributed by atoms with Crippen molar-refractivity contribution in [2.75, 3.05) is 32.8 Å². The van der Waals surface area contributed by atoms with Crippen LogP contribution < -0.4 is 9.47 Å². The van der Waals surface area contributed by atoms with E-state index in [1.54, 1.807) is 36.4 Å². The van der Waals surface area contributed by atoms with E-state index < -0.39 is 0 Å². The average Bonchev–Trinajstić information content (AvgIpc) is 3.41. The van der Waals surface area contributed by atoms with Crippen LogP contribution in [0.4, 0.5) is 0 Å². The van der Waals surface area contributed by atoms with Gasteiger partial charge < -0.3 is 19.7 Å². The smallest absolute Gasteiger partial charge is 0.123 e. The fraction of sp³-hybridized carbons (Fsp3) is 0.419. The van der Waals surface area contributed by atoms with Gasteiger partial charge in [-0.25, -0.2) is 0 Å². The second-order valence-electron chi connectivity index (χ2n) is 9.01. The summed E-state index contributed by atoms with van der Waals surface area (Å²) >= 11 is 0. The van der Waals surface area contributed by atoms with Gasteiger partial charge in [0.05, 0.1) is 6.61 Å². The topological polar surface area (TPSA) is 62.2 Å². The number of phenols is 2. The Hall–Kier alpha value is -3.18. The maximum absolute atomic E-state index is 9.25. The average molecular weight is 494 g/mol. The highest BCUT2D eigenvalue weighted by Gasteiger charge is 2.17. The van der Waals surface area contributed by atoms with Crippen LogP contribution in [0.25, 0.3) is 0 Å². The lowest BCUT2D eigenvalue weighted by molar-refractivity contribution is 0.238. The Bertz CT molecular complexity index is 943. The number of aromatic hydroxyl groups is 2. The Kier molecular flexibility index (Phi) is 13.9. The number of likely N-dealkylation sites (tertiary alicyclic amines) is 1. The van der Waals surface area contributed by atoms with E-state index in [9.17, 15) is 5.11 Å². The third-order valence-electron chi connectivity index (χ3n) is 5.71. The van der Waals surface area contributed by atoms with E-state index in [1.165, 1.54) is 32.4 Å². The summed E-state index contributed by atoms with van der Waals surface area (Å²) < 4.78 is 11.1. The Morgan fingerprint density at radius 2 is 1.47 bits per heavy atom. The van der Waals surface area contributed by atoms with Crippen LogP contribution in [0.1, 0.15) is 57.9 Å². The van der Waals surface area contributed by atoms with Crippen molar-refractivity contribution in [2.45, 2.75) is 52.4 Å². The van der Waals surface area contributed by atoms with E-state index >= 15 is 0 Å². The van der Waals surface area contributed by atoms with Gasteiger partial charge in [0.1, 0.15) is 29.6 Å². The molecule has 0 aliphatic carbocycles. The number of hydrogen-bond donors (Lipinski definition) is 2. The molecule has 196 valence electrons. The third kappa shape index (κ3) is 11.5. The number of rotatable bonds is 4. The van der Waals surface area contributed by atoms with Crippen molar-refractivity contribution in [3.05, 3.63) is 84.4 Å². The molecule has 2 aliphatic heterocycles. The fourth-order valence-electron chi connectivity index (χ4n) is 3.80. The largest absolute Gasteiger partial charge is 0.508 e. The molecular weight excluding hydrogens is 450 g/mol. The molecule has 5 heteroatoms. The molecule has 1 unspecified atom stereocenters. The van der Waals surface area contributed by atoms with E-state index in [2.05, 4.69) is 25.7 Å². The summed E-state index contributed by atoms with van der Waals surface area (Å²) in [5.74, 6) is 3.05. The lowest BCUT2D eigenvalue weighted by atomic mass is 9.95. The molecule has 1 saturated heterocycles. The summed E-state index contributed by atoms with van der Waals surface area (Å²) in [5, 5.41) is 17.9. The summed E-state index contributed by atoms with van der Waals surface area (Å²) in [7, 11) is 0. The first-order valence-corrected chi connectivity index (χ1v) is 13.1. The van der Waals surface area contributed by atoms with E-state index in [4.69, 9.17) is 14.6 Å². The molecule has 36 heavy (non-hydrogen) atoms. The van der Waals surface area contributed by atoms with Crippen LogP contribution in [0.2, 0.25) is 0 Å². The first-order valence-electron chi connectivity index (χ1n) is 13.1. The van der Waals surface area contributed by atoms with Crippen LogP contribution in [-0.4, -0.2) is 48.0 Å². The highest BCUT2D eigenvalue weighted by molar-refractivity contribution is 5.42. The monoisotopic (exact) mass is 493 g/mol. The van der Waals surface area contributed by atoms with Gasteiger partial charge in [0.2, 0.25) is 0 Å². The van der Waals surface area contributed by atoms with Crippen LogP contribution in [0.3, 0.4) is 0 Å². The molecule has 5 rings (SSSR count). The summed E-state index contributed by atoms with van der Waals surface area (Å²) in [6.45, 7) is 11.6. The zero-order valence-electron chi connectivity index (χ0n) is 22.1. The number of fused-ring (bicyclic) bond motifs is 1. The predicted octanol–water partition coefficient (Wildman–Crippen LogP) is 7.25. The number of hydrogen-bond acceptors (Lipinski definition) is 5. The van der Waals surface area contributed by atoms with Crippen molar-refractivity contribution in [1.29, 1.82) is 0 Å². The first-order chi connectivity index (χ1) is 17.5. The van der Waals surface area contributed by atoms with Gasteiger partial charge in [-0.3, -0.25) is 4.90 Å². The molecule has 5 nitrogen and oxygen atoms in total. The van der Waals surface area contributed by atoms with Crippen LogP contribution in [-0.2, 0) is 0 Å². The van der Waals surface area contributed by atoms with E-state index in [0.29, 0.717) is 17.4 Å². The Labute approximate surface area is 217 Å². The fourth-order valence-corrected chi connectivity index (χ4v) is 3.80. The van der Waals surface area contributed by atoms with Gasteiger partial charge in [-0.15, -0.1) is 0 Å². The molecule has 3 aromatic rings. The molecule has 0 aromatic heterocycles. The molecule has 2 N–H and O–H groups in total. The van der Waals surface area contributed by atoms with E-state index in [-0.39, 0.29) is 0 Å². The van der Waals surface area contributed by atoms with Crippen LogP contribution in [0.15, 0.2) is 78.9 Å². The van der Waals surface area contributed by atoms with Gasteiger partial charge in [0.25, 0.3) is 0 Å². The van der Waals surface area contributed by atoms with E-state index in [0.717, 1.165) is 43.2 Å². The standard InChI is InChI=1S/C12H17NO.C10H12O2.C6H6O.C3H8/c1-2-6-12(7-3-1)14-11-10-13-8-4-5-9-13;1-7-4-5-12-10-3-2-8(11)6-9(7)10;7-6-4-2-1-3-5-6;1-3-2/h1-3,6-7H,4-5,8-11H2;2-3,6-7,11H,4-5H2,1H3;1-5,7H;3H2,1-2H3. The van der Waals surface area contributed by atoms with E-state index in [1.807, 2.05) is 42.5 Å².